The smallest absolute Gasteiger partial charge is 0.264 e. The van der Waals surface area contributed by atoms with E-state index < -0.39 is 28.5 Å². The first-order chi connectivity index (χ1) is 18.9. The molecule has 7 nitrogen and oxygen atoms in total. The van der Waals surface area contributed by atoms with Gasteiger partial charge in [-0.25, -0.2) is 8.42 Å². The Morgan fingerprint density at radius 1 is 0.950 bits per heavy atom. The zero-order chi connectivity index (χ0) is 29.4. The Balaban J connectivity index is 2.04. The highest BCUT2D eigenvalue weighted by Crippen LogP contribution is 2.29. The molecule has 0 saturated heterocycles. The Hall–Kier alpha value is -3.07. The van der Waals surface area contributed by atoms with Crippen molar-refractivity contribution in [1.82, 2.24) is 10.2 Å². The van der Waals surface area contributed by atoms with E-state index in [1.807, 2.05) is 13.8 Å². The molecule has 0 fully saturated rings. The Bertz CT molecular complexity index is 1450. The first kappa shape index (κ1) is 31.5. The van der Waals surface area contributed by atoms with E-state index in [9.17, 15) is 18.0 Å². The van der Waals surface area contributed by atoms with Crippen LogP contribution in [0, 0.1) is 13.8 Å². The van der Waals surface area contributed by atoms with Crippen LogP contribution in [0.15, 0.2) is 71.6 Å². The van der Waals surface area contributed by atoms with E-state index >= 15 is 0 Å². The Labute approximate surface area is 247 Å². The number of nitrogens with zero attached hydrogens (tertiary/aromatic N) is 2. The molecule has 214 valence electrons. The molecule has 0 aliphatic heterocycles. The summed E-state index contributed by atoms with van der Waals surface area (Å²) in [7, 11) is -4.16. The first-order valence-electron chi connectivity index (χ1n) is 13.1. The summed E-state index contributed by atoms with van der Waals surface area (Å²) >= 11 is 12.3. The molecule has 0 saturated carbocycles. The molecule has 0 spiro atoms. The van der Waals surface area contributed by atoms with Crippen LogP contribution in [-0.4, -0.2) is 44.3 Å². The number of sulfonamides is 1. The standard InChI is InChI=1S/C30H35Cl2N3O4S/c1-5-6-16-33-30(37)23(4)34(19-24-8-7-9-25(31)18-24)29(36)20-35(28-15-12-26(32)17-22(28)3)40(38,39)27-13-10-21(2)11-14-27/h7-15,17-18,23H,5-6,16,19-20H2,1-4H3,(H,33,37)/t23-/m1/s1. The van der Waals surface area contributed by atoms with Gasteiger partial charge < -0.3 is 10.2 Å². The second kappa shape index (κ2) is 14.0. The van der Waals surface area contributed by atoms with E-state index in [2.05, 4.69) is 5.32 Å². The molecule has 0 bridgehead atoms. The van der Waals surface area contributed by atoms with Gasteiger partial charge in [0.25, 0.3) is 10.0 Å². The number of hydrogen-bond acceptors (Lipinski definition) is 4. The summed E-state index contributed by atoms with van der Waals surface area (Å²) in [5.41, 5.74) is 2.52. The van der Waals surface area contributed by atoms with Crippen molar-refractivity contribution in [3.05, 3.63) is 93.5 Å². The maximum Gasteiger partial charge on any atom is 0.264 e. The highest BCUT2D eigenvalue weighted by molar-refractivity contribution is 7.92. The molecule has 1 atom stereocenters. The summed E-state index contributed by atoms with van der Waals surface area (Å²) in [6.07, 6.45) is 1.71. The average Bonchev–Trinajstić information content (AvgIpc) is 2.90. The molecule has 0 unspecified atom stereocenters. The van der Waals surface area contributed by atoms with Crippen LogP contribution in [0.1, 0.15) is 43.4 Å². The summed E-state index contributed by atoms with van der Waals surface area (Å²) in [6, 6.07) is 17.4. The van der Waals surface area contributed by atoms with Crippen LogP contribution in [0.4, 0.5) is 5.69 Å². The van der Waals surface area contributed by atoms with E-state index in [0.717, 1.165) is 22.7 Å². The van der Waals surface area contributed by atoms with Crippen molar-refractivity contribution < 1.29 is 18.0 Å². The van der Waals surface area contributed by atoms with Gasteiger partial charge >= 0.3 is 0 Å². The summed E-state index contributed by atoms with van der Waals surface area (Å²) in [4.78, 5) is 28.5. The third-order valence-electron chi connectivity index (χ3n) is 6.55. The lowest BCUT2D eigenvalue weighted by molar-refractivity contribution is -0.139. The topological polar surface area (TPSA) is 86.8 Å². The molecule has 0 aliphatic rings. The number of rotatable bonds is 12. The average molecular weight is 605 g/mol. The predicted octanol–water partition coefficient (Wildman–Crippen LogP) is 6.14. The fourth-order valence-corrected chi connectivity index (χ4v) is 6.12. The lowest BCUT2D eigenvalue weighted by Crippen LogP contribution is -2.51. The van der Waals surface area contributed by atoms with E-state index in [1.165, 1.54) is 17.0 Å². The van der Waals surface area contributed by atoms with E-state index in [-0.39, 0.29) is 17.3 Å². The van der Waals surface area contributed by atoms with Crippen molar-refractivity contribution in [3.8, 4) is 0 Å². The second-order valence-electron chi connectivity index (χ2n) is 9.73. The summed E-state index contributed by atoms with van der Waals surface area (Å²) in [6.45, 7) is 7.28. The number of carbonyl (C=O) groups is 2. The van der Waals surface area contributed by atoms with Gasteiger partial charge in [0.15, 0.2) is 0 Å². The third kappa shape index (κ3) is 7.99. The van der Waals surface area contributed by atoms with Gasteiger partial charge in [0, 0.05) is 23.1 Å². The highest BCUT2D eigenvalue weighted by Gasteiger charge is 2.33. The van der Waals surface area contributed by atoms with Gasteiger partial charge in [-0.1, -0.05) is 66.4 Å². The van der Waals surface area contributed by atoms with Crippen molar-refractivity contribution in [2.45, 2.75) is 58.0 Å². The molecule has 10 heteroatoms. The van der Waals surface area contributed by atoms with Crippen LogP contribution in [0.25, 0.3) is 0 Å². The number of halogens is 2. The van der Waals surface area contributed by atoms with Gasteiger partial charge in [-0.15, -0.1) is 0 Å². The van der Waals surface area contributed by atoms with Gasteiger partial charge in [-0.3, -0.25) is 13.9 Å². The van der Waals surface area contributed by atoms with Crippen LogP contribution < -0.4 is 9.62 Å². The molecule has 0 radical (unpaired) electrons. The van der Waals surface area contributed by atoms with Gasteiger partial charge in [-0.05, 0) is 80.8 Å². The van der Waals surface area contributed by atoms with Crippen LogP contribution in [-0.2, 0) is 26.2 Å². The molecule has 3 aromatic rings. The first-order valence-corrected chi connectivity index (χ1v) is 15.3. The monoisotopic (exact) mass is 603 g/mol. The SMILES string of the molecule is CCCCNC(=O)[C@@H](C)N(Cc1cccc(Cl)c1)C(=O)CN(c1ccc(Cl)cc1C)S(=O)(=O)c1ccc(C)cc1. The van der Waals surface area contributed by atoms with Gasteiger partial charge in [-0.2, -0.15) is 0 Å². The van der Waals surface area contributed by atoms with Gasteiger partial charge in [0.1, 0.15) is 12.6 Å². The van der Waals surface area contributed by atoms with Crippen molar-refractivity contribution in [2.24, 2.45) is 0 Å². The molecule has 3 aromatic carbocycles. The van der Waals surface area contributed by atoms with Crippen molar-refractivity contribution in [1.29, 1.82) is 0 Å². The zero-order valence-electron chi connectivity index (χ0n) is 23.2. The normalized spacial score (nSPS) is 12.1. The van der Waals surface area contributed by atoms with Crippen LogP contribution in [0.2, 0.25) is 10.0 Å². The number of nitrogens with one attached hydrogen (secondary N) is 1. The number of amides is 2. The molecule has 3 rings (SSSR count). The number of hydrogen-bond donors (Lipinski definition) is 1. The quantitative estimate of drug-likeness (QED) is 0.252. The summed E-state index contributed by atoms with van der Waals surface area (Å²) in [5.74, 6) is -0.859. The second-order valence-corrected chi connectivity index (χ2v) is 12.5. The minimum atomic E-state index is -4.16. The van der Waals surface area contributed by atoms with Crippen molar-refractivity contribution in [3.63, 3.8) is 0 Å². The van der Waals surface area contributed by atoms with Gasteiger partial charge in [0.05, 0.1) is 10.6 Å². The number of aryl methyl sites for hydroxylation is 2. The van der Waals surface area contributed by atoms with Crippen LogP contribution >= 0.6 is 23.2 Å². The molecule has 40 heavy (non-hydrogen) atoms. The van der Waals surface area contributed by atoms with Crippen molar-refractivity contribution in [2.75, 3.05) is 17.4 Å². The zero-order valence-corrected chi connectivity index (χ0v) is 25.5. The maximum absolute atomic E-state index is 14.0. The highest BCUT2D eigenvalue weighted by atomic mass is 35.5. The molecule has 1 N–H and O–H groups in total. The molecule has 0 aliphatic carbocycles. The van der Waals surface area contributed by atoms with Crippen LogP contribution in [0.5, 0.6) is 0 Å². The molecule has 2 amide bonds. The molecule has 0 aromatic heterocycles. The van der Waals surface area contributed by atoms with E-state index in [1.54, 1.807) is 68.4 Å². The predicted molar refractivity (Wildman–Crippen MR) is 161 cm³/mol. The molecular weight excluding hydrogens is 569 g/mol. The summed E-state index contributed by atoms with van der Waals surface area (Å²) in [5, 5.41) is 3.81. The number of benzene rings is 3. The lowest BCUT2D eigenvalue weighted by atomic mass is 10.1. The van der Waals surface area contributed by atoms with Crippen molar-refractivity contribution >= 4 is 50.7 Å². The van der Waals surface area contributed by atoms with Crippen LogP contribution in [0.3, 0.4) is 0 Å². The number of anilines is 1. The Morgan fingerprint density at radius 3 is 2.25 bits per heavy atom. The fraction of sp³-hybridized carbons (Fsp3) is 0.333. The molecular formula is C30H35Cl2N3O4S. The lowest BCUT2D eigenvalue weighted by Gasteiger charge is -2.32. The van der Waals surface area contributed by atoms with Gasteiger partial charge in [0.2, 0.25) is 11.8 Å². The Morgan fingerprint density at radius 2 is 1.62 bits per heavy atom. The minimum absolute atomic E-state index is 0.0481. The molecule has 0 heterocycles. The third-order valence-corrected chi connectivity index (χ3v) is 8.80. The Kier molecular flexibility index (Phi) is 11.0. The summed E-state index contributed by atoms with van der Waals surface area (Å²) < 4.78 is 29.0. The van der Waals surface area contributed by atoms with E-state index in [0.29, 0.717) is 33.4 Å². The minimum Gasteiger partial charge on any atom is -0.354 e. The largest absolute Gasteiger partial charge is 0.354 e. The maximum atomic E-state index is 14.0. The number of carbonyl (C=O) groups excluding carboxylic acids is 2. The van der Waals surface area contributed by atoms with E-state index in [4.69, 9.17) is 23.2 Å². The number of unbranched alkanes of at least 4 members (excludes halogenated alkanes) is 1. The fourth-order valence-electron chi connectivity index (χ4n) is 4.20.